The number of hydrogen-bond acceptors (Lipinski definition) is 2. The summed E-state index contributed by atoms with van der Waals surface area (Å²) in [5.41, 5.74) is 18.5. The van der Waals surface area contributed by atoms with Gasteiger partial charge >= 0.3 is 0 Å². The highest BCUT2D eigenvalue weighted by molar-refractivity contribution is 6.18. The van der Waals surface area contributed by atoms with Gasteiger partial charge in [-0.2, -0.15) is 0 Å². The summed E-state index contributed by atoms with van der Waals surface area (Å²) in [7, 11) is 0. The average molecular weight is 969 g/mol. The fraction of sp³-hybridized carbons (Fsp3) is 0. The van der Waals surface area contributed by atoms with Gasteiger partial charge in [-0.3, -0.25) is 4.98 Å². The molecule has 0 aliphatic rings. The molecule has 0 aliphatic heterocycles. The number of hydrogen-bond donors (Lipinski definition) is 0. The van der Waals surface area contributed by atoms with Crippen LogP contribution in [0.1, 0.15) is 0 Å². The van der Waals surface area contributed by atoms with Gasteiger partial charge in [-0.25, -0.2) is 4.98 Å². The van der Waals surface area contributed by atoms with Crippen molar-refractivity contribution in [2.24, 2.45) is 0 Å². The van der Waals surface area contributed by atoms with Crippen LogP contribution in [0.4, 0.5) is 0 Å². The van der Waals surface area contributed by atoms with Gasteiger partial charge in [-0.05, 0) is 78.4 Å². The SMILES string of the molecule is c1ccc(-c2cccc(-c3c(-n4c5ccccc5c5ccccc54)c(-n4c5ccccc5c5ccccc54)c(-c4ccncc4)c(-n4c5ccccc5c5ccccc54)c3-n3c4ccccc4c4ccccc43)n2)cc1. The van der Waals surface area contributed by atoms with Crippen LogP contribution in [0.5, 0.6) is 0 Å². The van der Waals surface area contributed by atoms with Gasteiger partial charge in [0.2, 0.25) is 0 Å². The molecule has 6 heteroatoms. The first-order chi connectivity index (χ1) is 37.8. The van der Waals surface area contributed by atoms with E-state index in [1.807, 2.05) is 12.4 Å². The van der Waals surface area contributed by atoms with E-state index in [9.17, 15) is 0 Å². The van der Waals surface area contributed by atoms with Gasteiger partial charge < -0.3 is 18.3 Å². The molecule has 6 heterocycles. The minimum absolute atomic E-state index is 0.834. The molecular weight excluding hydrogens is 925 g/mol. The summed E-state index contributed by atoms with van der Waals surface area (Å²) < 4.78 is 10.2. The molecule has 16 rings (SSSR count). The maximum Gasteiger partial charge on any atom is 0.0827 e. The molecule has 10 aromatic carbocycles. The Kier molecular flexibility index (Phi) is 9.23. The lowest BCUT2D eigenvalue weighted by Crippen LogP contribution is -2.16. The molecule has 0 amide bonds. The minimum atomic E-state index is 0.834. The second-order valence-corrected chi connectivity index (χ2v) is 19.6. The molecule has 354 valence electrons. The van der Waals surface area contributed by atoms with E-state index in [4.69, 9.17) is 9.97 Å². The summed E-state index contributed by atoms with van der Waals surface area (Å²) in [6.45, 7) is 0. The van der Waals surface area contributed by atoms with E-state index in [1.165, 1.54) is 43.1 Å². The first-order valence-corrected chi connectivity index (χ1v) is 25.9. The Morgan fingerprint density at radius 1 is 0.211 bits per heavy atom. The van der Waals surface area contributed by atoms with E-state index in [1.54, 1.807) is 0 Å². The molecule has 0 saturated carbocycles. The third kappa shape index (κ3) is 6.04. The summed E-state index contributed by atoms with van der Waals surface area (Å²) >= 11 is 0. The van der Waals surface area contributed by atoms with Gasteiger partial charge in [0.05, 0.1) is 83.8 Å². The lowest BCUT2D eigenvalue weighted by molar-refractivity contribution is 1.04. The maximum atomic E-state index is 5.92. The molecule has 0 fully saturated rings. The molecule has 0 saturated heterocycles. The van der Waals surface area contributed by atoms with Crippen LogP contribution in [0.25, 0.3) is 144 Å². The summed E-state index contributed by atoms with van der Waals surface area (Å²) in [5.74, 6) is 0. The molecule has 16 aromatic rings. The van der Waals surface area contributed by atoms with Crippen LogP contribution in [0.2, 0.25) is 0 Å². The van der Waals surface area contributed by atoms with Crippen molar-refractivity contribution in [3.05, 3.63) is 267 Å². The fourth-order valence-corrected chi connectivity index (χ4v) is 12.6. The van der Waals surface area contributed by atoms with Crippen LogP contribution in [-0.2, 0) is 0 Å². The second kappa shape index (κ2) is 16.6. The van der Waals surface area contributed by atoms with Gasteiger partial charge in [-0.15, -0.1) is 0 Å². The van der Waals surface area contributed by atoms with Crippen molar-refractivity contribution in [1.82, 2.24) is 28.2 Å². The monoisotopic (exact) mass is 968 g/mol. The van der Waals surface area contributed by atoms with E-state index < -0.39 is 0 Å². The third-order valence-corrected chi connectivity index (χ3v) is 15.7. The first-order valence-electron chi connectivity index (χ1n) is 25.9. The Labute approximate surface area is 436 Å². The molecule has 6 aromatic heterocycles. The Morgan fingerprint density at radius 2 is 0.487 bits per heavy atom. The van der Waals surface area contributed by atoms with Crippen LogP contribution in [0.15, 0.2) is 267 Å². The zero-order valence-electron chi connectivity index (χ0n) is 41.1. The van der Waals surface area contributed by atoms with E-state index in [2.05, 4.69) is 273 Å². The molecule has 0 spiro atoms. The van der Waals surface area contributed by atoms with Crippen LogP contribution < -0.4 is 0 Å². The molecule has 0 aliphatic carbocycles. The lowest BCUT2D eigenvalue weighted by atomic mass is 9.91. The predicted molar refractivity (Wildman–Crippen MR) is 316 cm³/mol. The predicted octanol–water partition coefficient (Wildman–Crippen LogP) is 17.9. The Hall–Kier alpha value is -10.3. The molecule has 0 radical (unpaired) electrons. The number of fused-ring (bicyclic) bond motifs is 12. The highest BCUT2D eigenvalue weighted by Gasteiger charge is 2.35. The molecule has 76 heavy (non-hydrogen) atoms. The Balaban J connectivity index is 1.29. The van der Waals surface area contributed by atoms with Gasteiger partial charge in [0.25, 0.3) is 0 Å². The average Bonchev–Trinajstić information content (AvgIpc) is 4.37. The Bertz CT molecular complexity index is 4530. The van der Waals surface area contributed by atoms with E-state index in [-0.39, 0.29) is 0 Å². The van der Waals surface area contributed by atoms with Crippen molar-refractivity contribution in [2.75, 3.05) is 0 Å². The van der Waals surface area contributed by atoms with Crippen LogP contribution in [-0.4, -0.2) is 28.2 Å². The van der Waals surface area contributed by atoms with Gasteiger partial charge in [0.1, 0.15) is 0 Å². The summed E-state index contributed by atoms with van der Waals surface area (Å²) in [5, 5.41) is 9.34. The fourth-order valence-electron chi connectivity index (χ4n) is 12.6. The second-order valence-electron chi connectivity index (χ2n) is 19.6. The smallest absolute Gasteiger partial charge is 0.0827 e. The molecule has 6 nitrogen and oxygen atoms in total. The van der Waals surface area contributed by atoms with Crippen molar-refractivity contribution in [3.8, 4) is 56.4 Å². The Morgan fingerprint density at radius 3 is 0.816 bits per heavy atom. The minimum Gasteiger partial charge on any atom is -0.306 e. The molecule has 0 bridgehead atoms. The number of aromatic nitrogens is 6. The van der Waals surface area contributed by atoms with Crippen LogP contribution in [0, 0.1) is 0 Å². The normalized spacial score (nSPS) is 11.9. The number of benzene rings is 10. The largest absolute Gasteiger partial charge is 0.306 e. The lowest BCUT2D eigenvalue weighted by Gasteiger charge is -2.31. The highest BCUT2D eigenvalue weighted by atomic mass is 15.1. The highest BCUT2D eigenvalue weighted by Crippen LogP contribution is 2.54. The van der Waals surface area contributed by atoms with E-state index in [0.29, 0.717) is 0 Å². The third-order valence-electron chi connectivity index (χ3n) is 15.7. The van der Waals surface area contributed by atoms with Crippen LogP contribution >= 0.6 is 0 Å². The summed E-state index contributed by atoms with van der Waals surface area (Å²) in [6.07, 6.45) is 3.89. The van der Waals surface area contributed by atoms with Crippen molar-refractivity contribution in [2.45, 2.75) is 0 Å². The number of para-hydroxylation sites is 8. The van der Waals surface area contributed by atoms with Gasteiger partial charge in [0, 0.05) is 66.6 Å². The van der Waals surface area contributed by atoms with Crippen molar-refractivity contribution in [3.63, 3.8) is 0 Å². The van der Waals surface area contributed by atoms with E-state index in [0.717, 1.165) is 101 Å². The summed E-state index contributed by atoms with van der Waals surface area (Å²) in [6, 6.07) is 92.7. The zero-order chi connectivity index (χ0) is 49.8. The molecule has 0 N–H and O–H groups in total. The zero-order valence-corrected chi connectivity index (χ0v) is 41.1. The van der Waals surface area contributed by atoms with Crippen molar-refractivity contribution in [1.29, 1.82) is 0 Å². The molecule has 0 unspecified atom stereocenters. The van der Waals surface area contributed by atoms with Crippen molar-refractivity contribution >= 4 is 87.2 Å². The van der Waals surface area contributed by atoms with Gasteiger partial charge in [0.15, 0.2) is 0 Å². The van der Waals surface area contributed by atoms with Crippen LogP contribution in [0.3, 0.4) is 0 Å². The number of pyridine rings is 2. The standard InChI is InChI=1S/C70H44N6/c1-2-21-45(22-3-1)55-31-20-32-56(72-55)66-69(75-61-37-16-8-27-51(61)52-28-9-17-38-62(52)75)67(73-57-33-12-4-23-47(57)48-24-5-13-34-58(48)73)65(46-41-43-71-44-42-46)68(74-59-35-14-6-25-49(59)50-26-7-15-36-60(50)74)70(66)76-63-39-18-10-29-53(63)54-30-11-19-40-64(54)76/h1-44H. The molecule has 0 atom stereocenters. The first kappa shape index (κ1) is 42.2. The number of rotatable bonds is 7. The molecular formula is C70H44N6. The quantitative estimate of drug-likeness (QED) is 0.160. The number of nitrogens with zero attached hydrogens (tertiary/aromatic N) is 6. The van der Waals surface area contributed by atoms with Crippen molar-refractivity contribution < 1.29 is 0 Å². The topological polar surface area (TPSA) is 45.5 Å². The van der Waals surface area contributed by atoms with Gasteiger partial charge in [-0.1, -0.05) is 182 Å². The van der Waals surface area contributed by atoms with E-state index >= 15 is 0 Å². The maximum absolute atomic E-state index is 5.92. The summed E-state index contributed by atoms with van der Waals surface area (Å²) in [4.78, 5) is 10.6.